The third kappa shape index (κ3) is 5.43. The molecule has 7 heteroatoms. The highest BCUT2D eigenvalue weighted by atomic mass is 19.1. The number of ether oxygens (including phenoxy) is 1. The molecule has 2 aromatic rings. The van der Waals surface area contributed by atoms with Gasteiger partial charge in [-0.2, -0.15) is 0 Å². The van der Waals surface area contributed by atoms with Gasteiger partial charge in [0, 0.05) is 12.5 Å². The molecular weight excluding hydrogens is 390 g/mol. The van der Waals surface area contributed by atoms with E-state index in [1.54, 1.807) is 12.1 Å². The fourth-order valence-corrected chi connectivity index (χ4v) is 3.34. The van der Waals surface area contributed by atoms with E-state index < -0.39 is 18.0 Å². The largest absolute Gasteiger partial charge is 0.442 e. The molecule has 0 unspecified atom stereocenters. The molecule has 0 bridgehead atoms. The van der Waals surface area contributed by atoms with Crippen molar-refractivity contribution in [1.82, 2.24) is 5.32 Å². The minimum atomic E-state index is -0.571. The van der Waals surface area contributed by atoms with Gasteiger partial charge >= 0.3 is 6.09 Å². The van der Waals surface area contributed by atoms with Crippen molar-refractivity contribution in [3.8, 4) is 11.1 Å². The molecule has 0 aromatic heterocycles. The van der Waals surface area contributed by atoms with E-state index in [2.05, 4.69) is 11.9 Å². The maximum absolute atomic E-state index is 14.8. The van der Waals surface area contributed by atoms with Crippen LogP contribution in [0, 0.1) is 5.82 Å². The third-order valence-electron chi connectivity index (χ3n) is 4.90. The monoisotopic (exact) mass is 414 g/mol. The summed E-state index contributed by atoms with van der Waals surface area (Å²) in [6.07, 6.45) is 0.681. The summed E-state index contributed by atoms with van der Waals surface area (Å²) < 4.78 is 32.7. The summed E-state index contributed by atoms with van der Waals surface area (Å²) in [6.45, 7) is 5.08. The van der Waals surface area contributed by atoms with Gasteiger partial charge in [0.2, 0.25) is 5.91 Å². The Balaban J connectivity index is 1.67. The lowest BCUT2D eigenvalue weighted by Gasteiger charge is -2.14. The van der Waals surface area contributed by atoms with E-state index in [0.717, 1.165) is 12.0 Å². The maximum atomic E-state index is 14.8. The number of amides is 2. The fourth-order valence-electron chi connectivity index (χ4n) is 3.34. The Morgan fingerprint density at radius 3 is 2.63 bits per heavy atom. The zero-order valence-electron chi connectivity index (χ0n) is 16.8. The van der Waals surface area contributed by atoms with Crippen molar-refractivity contribution in [1.29, 1.82) is 0 Å². The van der Waals surface area contributed by atoms with E-state index in [0.29, 0.717) is 29.7 Å². The molecule has 2 amide bonds. The van der Waals surface area contributed by atoms with E-state index in [4.69, 9.17) is 4.74 Å². The Bertz CT molecular complexity index is 944. The molecule has 30 heavy (non-hydrogen) atoms. The minimum Gasteiger partial charge on any atom is -0.442 e. The van der Waals surface area contributed by atoms with Gasteiger partial charge < -0.3 is 10.1 Å². The molecule has 0 saturated carbocycles. The minimum absolute atomic E-state index is 0.209. The summed E-state index contributed by atoms with van der Waals surface area (Å²) >= 11 is 0. The van der Waals surface area contributed by atoms with E-state index in [-0.39, 0.29) is 24.8 Å². The lowest BCUT2D eigenvalue weighted by Crippen LogP contribution is -2.33. The molecule has 0 radical (unpaired) electrons. The Labute approximate surface area is 174 Å². The lowest BCUT2D eigenvalue weighted by atomic mass is 10.0. The normalized spacial score (nSPS) is 15.8. The molecule has 0 spiro atoms. The number of aryl methyl sites for hydroxylation is 1. The van der Waals surface area contributed by atoms with Crippen molar-refractivity contribution in [2.45, 2.75) is 32.3 Å². The topological polar surface area (TPSA) is 58.6 Å². The highest BCUT2D eigenvalue weighted by molar-refractivity contribution is 5.90. The van der Waals surface area contributed by atoms with Gasteiger partial charge in [0.25, 0.3) is 0 Å². The first-order valence-corrected chi connectivity index (χ1v) is 9.78. The number of halogens is 2. The molecule has 1 saturated heterocycles. The summed E-state index contributed by atoms with van der Waals surface area (Å²) in [5, 5.41) is 2.60. The van der Waals surface area contributed by atoms with Crippen LogP contribution in [0.3, 0.4) is 0 Å². The fraction of sp³-hybridized carbons (Fsp3) is 0.304. The number of rotatable bonds is 8. The lowest BCUT2D eigenvalue weighted by molar-refractivity contribution is -0.119. The predicted octanol–water partition coefficient (Wildman–Crippen LogP) is 4.76. The quantitative estimate of drug-likeness (QED) is 0.678. The van der Waals surface area contributed by atoms with Crippen LogP contribution in [0.25, 0.3) is 11.1 Å². The number of carbonyl (C=O) groups is 2. The van der Waals surface area contributed by atoms with Gasteiger partial charge in [0.05, 0.1) is 24.6 Å². The molecule has 3 rings (SSSR count). The van der Waals surface area contributed by atoms with Gasteiger partial charge in [0.1, 0.15) is 11.9 Å². The first-order chi connectivity index (χ1) is 14.3. The number of nitrogens with zero attached hydrogens (tertiary/aromatic N) is 1. The Kier molecular flexibility index (Phi) is 6.82. The van der Waals surface area contributed by atoms with Gasteiger partial charge in [-0.15, -0.1) is 0 Å². The Morgan fingerprint density at radius 1 is 1.27 bits per heavy atom. The summed E-state index contributed by atoms with van der Waals surface area (Å²) in [5.74, 6) is -0.983. The molecule has 1 heterocycles. The average molecular weight is 414 g/mol. The van der Waals surface area contributed by atoms with Crippen LogP contribution in [0.15, 0.2) is 54.9 Å². The molecule has 0 aliphatic carbocycles. The second-order valence-electron chi connectivity index (χ2n) is 7.29. The van der Waals surface area contributed by atoms with Crippen molar-refractivity contribution < 1.29 is 23.1 Å². The van der Waals surface area contributed by atoms with E-state index >= 15 is 0 Å². The smallest absolute Gasteiger partial charge is 0.414 e. The number of anilines is 1. The number of hydrogen-bond donors (Lipinski definition) is 1. The van der Waals surface area contributed by atoms with Gasteiger partial charge in [-0.05, 0) is 48.6 Å². The standard InChI is InChI=1S/C23H24F2N2O3/c1-15(24)4-3-5-17-6-8-18(9-7-17)21-11-10-19(12-22(21)25)27-14-20(30-23(27)29)13-26-16(2)28/h6-12,20H,1,3-5,13-14H2,2H3,(H,26,28)/t20-/m0/s1. The Morgan fingerprint density at radius 2 is 2.00 bits per heavy atom. The average Bonchev–Trinajstić information content (AvgIpc) is 3.07. The van der Waals surface area contributed by atoms with Crippen molar-refractivity contribution in [2.75, 3.05) is 18.0 Å². The zero-order chi connectivity index (χ0) is 21.7. The number of benzene rings is 2. The van der Waals surface area contributed by atoms with E-state index in [1.807, 2.05) is 24.3 Å². The number of allylic oxidation sites excluding steroid dienone is 1. The van der Waals surface area contributed by atoms with Crippen LogP contribution in [0.2, 0.25) is 0 Å². The Hall–Kier alpha value is -3.22. The number of nitrogens with one attached hydrogen (secondary N) is 1. The van der Waals surface area contributed by atoms with Gasteiger partial charge in [-0.25, -0.2) is 13.6 Å². The third-order valence-corrected chi connectivity index (χ3v) is 4.90. The first-order valence-electron chi connectivity index (χ1n) is 9.78. The highest BCUT2D eigenvalue weighted by Crippen LogP contribution is 2.29. The molecule has 2 aromatic carbocycles. The molecule has 1 fully saturated rings. The van der Waals surface area contributed by atoms with Crippen molar-refractivity contribution in [3.63, 3.8) is 0 Å². The van der Waals surface area contributed by atoms with Crippen molar-refractivity contribution in [2.24, 2.45) is 0 Å². The number of hydrogen-bond acceptors (Lipinski definition) is 3. The van der Waals surface area contributed by atoms with Crippen LogP contribution in [0.4, 0.5) is 19.3 Å². The second kappa shape index (κ2) is 9.52. The number of carbonyl (C=O) groups excluding carboxylic acids is 2. The van der Waals surface area contributed by atoms with Crippen LogP contribution < -0.4 is 10.2 Å². The molecule has 158 valence electrons. The van der Waals surface area contributed by atoms with Crippen molar-refractivity contribution >= 4 is 17.7 Å². The first kappa shape index (κ1) is 21.5. The molecule has 5 nitrogen and oxygen atoms in total. The molecule has 1 N–H and O–H groups in total. The van der Waals surface area contributed by atoms with Gasteiger partial charge in [-0.3, -0.25) is 9.69 Å². The van der Waals surface area contributed by atoms with Crippen LogP contribution in [-0.2, 0) is 16.0 Å². The summed E-state index contributed by atoms with van der Waals surface area (Å²) in [5.41, 5.74) is 2.58. The van der Waals surface area contributed by atoms with Crippen molar-refractivity contribution in [3.05, 3.63) is 66.3 Å². The molecule has 1 aliphatic heterocycles. The second-order valence-corrected chi connectivity index (χ2v) is 7.29. The van der Waals surface area contributed by atoms with Gasteiger partial charge in [0.15, 0.2) is 0 Å². The van der Waals surface area contributed by atoms with Gasteiger partial charge in [-0.1, -0.05) is 30.8 Å². The van der Waals surface area contributed by atoms with Crippen LogP contribution in [0.5, 0.6) is 0 Å². The summed E-state index contributed by atoms with van der Waals surface area (Å²) in [4.78, 5) is 24.5. The summed E-state index contributed by atoms with van der Waals surface area (Å²) in [7, 11) is 0. The molecule has 1 aliphatic rings. The molecular formula is C23H24F2N2O3. The van der Waals surface area contributed by atoms with Crippen LogP contribution in [-0.4, -0.2) is 31.2 Å². The van der Waals surface area contributed by atoms with E-state index in [1.165, 1.54) is 17.9 Å². The summed E-state index contributed by atoms with van der Waals surface area (Å²) in [6, 6.07) is 12.0. The van der Waals surface area contributed by atoms with E-state index in [9.17, 15) is 18.4 Å². The zero-order valence-corrected chi connectivity index (χ0v) is 16.8. The highest BCUT2D eigenvalue weighted by Gasteiger charge is 2.32. The number of cyclic esters (lactones) is 1. The SMILES string of the molecule is C=C(F)CCCc1ccc(-c2ccc(N3C[C@H](CNC(C)=O)OC3=O)cc2F)cc1. The maximum Gasteiger partial charge on any atom is 0.414 e. The van der Waals surface area contributed by atoms with Crippen LogP contribution >= 0.6 is 0 Å². The molecule has 1 atom stereocenters. The van der Waals surface area contributed by atoms with Crippen LogP contribution in [0.1, 0.15) is 25.3 Å². The predicted molar refractivity (Wildman–Crippen MR) is 111 cm³/mol.